The number of fused-ring (bicyclic) bond motifs is 1. The van der Waals surface area contributed by atoms with Gasteiger partial charge < -0.3 is 10.0 Å². The van der Waals surface area contributed by atoms with Gasteiger partial charge in [0.1, 0.15) is 5.75 Å². The topological polar surface area (TPSA) is 47.0 Å². The average molecular weight is 402 g/mol. The standard InChI is InChI=1S/C22H28ClN3O2/c23-20-14-17(22(28)19-7-3-2-6-18(19)20)15-24-10-12-25(13-11-24)16-21(27)26-8-4-1-5-9-26/h2-3,6-7,14,28H,1,4-5,8-13,15-16H2. The number of likely N-dealkylation sites (tertiary alicyclic amines) is 1. The van der Waals surface area contributed by atoms with E-state index in [1.807, 2.05) is 35.2 Å². The summed E-state index contributed by atoms with van der Waals surface area (Å²) in [5, 5.41) is 13.0. The van der Waals surface area contributed by atoms with Crippen LogP contribution in [0.25, 0.3) is 10.8 Å². The second kappa shape index (κ2) is 8.68. The SMILES string of the molecule is O=C(CN1CCN(Cc2cc(Cl)c3ccccc3c2O)CC1)N1CCCCC1. The van der Waals surface area contributed by atoms with E-state index in [-0.39, 0.29) is 5.91 Å². The van der Waals surface area contributed by atoms with Crippen LogP contribution in [-0.4, -0.2) is 71.5 Å². The van der Waals surface area contributed by atoms with Crippen molar-refractivity contribution in [2.45, 2.75) is 25.8 Å². The summed E-state index contributed by atoms with van der Waals surface area (Å²) in [7, 11) is 0. The fourth-order valence-corrected chi connectivity index (χ4v) is 4.57. The summed E-state index contributed by atoms with van der Waals surface area (Å²) in [5.74, 6) is 0.592. The summed E-state index contributed by atoms with van der Waals surface area (Å²) in [5.41, 5.74) is 0.863. The van der Waals surface area contributed by atoms with E-state index in [1.165, 1.54) is 6.42 Å². The van der Waals surface area contributed by atoms with Gasteiger partial charge in [0.25, 0.3) is 0 Å². The van der Waals surface area contributed by atoms with Gasteiger partial charge in [-0.05, 0) is 25.3 Å². The molecular weight excluding hydrogens is 374 g/mol. The number of piperazine rings is 1. The van der Waals surface area contributed by atoms with Crippen molar-refractivity contribution in [3.8, 4) is 5.75 Å². The molecule has 2 saturated heterocycles. The Morgan fingerprint density at radius 1 is 0.929 bits per heavy atom. The minimum atomic E-state index is 0.270. The van der Waals surface area contributed by atoms with E-state index in [9.17, 15) is 9.90 Å². The van der Waals surface area contributed by atoms with Gasteiger partial charge >= 0.3 is 0 Å². The predicted octanol–water partition coefficient (Wildman–Crippen LogP) is 3.33. The molecule has 2 aromatic rings. The van der Waals surface area contributed by atoms with E-state index in [1.54, 1.807) is 0 Å². The molecule has 28 heavy (non-hydrogen) atoms. The Hall–Kier alpha value is -1.82. The zero-order valence-electron chi connectivity index (χ0n) is 16.2. The van der Waals surface area contributed by atoms with Gasteiger partial charge in [0.15, 0.2) is 0 Å². The van der Waals surface area contributed by atoms with E-state index in [0.717, 1.165) is 68.4 Å². The summed E-state index contributed by atoms with van der Waals surface area (Å²) >= 11 is 6.43. The van der Waals surface area contributed by atoms with Crippen LogP contribution >= 0.6 is 11.6 Å². The third-order valence-electron chi connectivity index (χ3n) is 5.97. The second-order valence-electron chi connectivity index (χ2n) is 7.91. The molecule has 6 heteroatoms. The van der Waals surface area contributed by atoms with Crippen LogP contribution in [0.5, 0.6) is 5.75 Å². The van der Waals surface area contributed by atoms with E-state index in [4.69, 9.17) is 11.6 Å². The number of benzene rings is 2. The molecule has 5 nitrogen and oxygen atoms in total. The molecule has 2 heterocycles. The minimum Gasteiger partial charge on any atom is -0.507 e. The Labute approximate surface area is 171 Å². The van der Waals surface area contributed by atoms with E-state index >= 15 is 0 Å². The van der Waals surface area contributed by atoms with E-state index in [0.29, 0.717) is 23.9 Å². The molecule has 0 saturated carbocycles. The monoisotopic (exact) mass is 401 g/mol. The van der Waals surface area contributed by atoms with Crippen LogP contribution in [0, 0.1) is 0 Å². The van der Waals surface area contributed by atoms with Crippen LogP contribution in [0.3, 0.4) is 0 Å². The first-order valence-electron chi connectivity index (χ1n) is 10.2. The highest BCUT2D eigenvalue weighted by Crippen LogP contribution is 2.35. The summed E-state index contributed by atoms with van der Waals surface area (Å²) in [6.45, 7) is 6.56. The van der Waals surface area contributed by atoms with Gasteiger partial charge in [0, 0.05) is 67.2 Å². The predicted molar refractivity (Wildman–Crippen MR) is 113 cm³/mol. The van der Waals surface area contributed by atoms with Crippen molar-refractivity contribution in [1.29, 1.82) is 0 Å². The van der Waals surface area contributed by atoms with E-state index in [2.05, 4.69) is 9.80 Å². The molecule has 0 aliphatic carbocycles. The first-order valence-corrected chi connectivity index (χ1v) is 10.6. The van der Waals surface area contributed by atoms with Crippen LogP contribution in [0.1, 0.15) is 24.8 Å². The Balaban J connectivity index is 1.34. The lowest BCUT2D eigenvalue weighted by Crippen LogP contribution is -2.50. The largest absolute Gasteiger partial charge is 0.507 e. The number of piperidine rings is 1. The minimum absolute atomic E-state index is 0.270. The summed E-state index contributed by atoms with van der Waals surface area (Å²) in [6, 6.07) is 9.56. The highest BCUT2D eigenvalue weighted by molar-refractivity contribution is 6.35. The lowest BCUT2D eigenvalue weighted by Gasteiger charge is -2.36. The first kappa shape index (κ1) is 19.5. The van der Waals surface area contributed by atoms with Crippen molar-refractivity contribution in [1.82, 2.24) is 14.7 Å². The zero-order valence-corrected chi connectivity index (χ0v) is 17.0. The van der Waals surface area contributed by atoms with Gasteiger partial charge in [-0.3, -0.25) is 14.6 Å². The number of hydrogen-bond donors (Lipinski definition) is 1. The molecule has 2 aliphatic heterocycles. The van der Waals surface area contributed by atoms with Crippen LogP contribution in [0.2, 0.25) is 5.02 Å². The maximum Gasteiger partial charge on any atom is 0.236 e. The molecule has 4 rings (SSSR count). The summed E-state index contributed by atoms with van der Waals surface area (Å²) < 4.78 is 0. The molecule has 1 amide bonds. The lowest BCUT2D eigenvalue weighted by atomic mass is 10.0. The Morgan fingerprint density at radius 3 is 2.29 bits per heavy atom. The van der Waals surface area contributed by atoms with Crippen molar-refractivity contribution >= 4 is 28.3 Å². The molecule has 2 aliphatic rings. The van der Waals surface area contributed by atoms with Gasteiger partial charge in [-0.2, -0.15) is 0 Å². The fraction of sp³-hybridized carbons (Fsp3) is 0.500. The normalized spacial score (nSPS) is 19.2. The smallest absolute Gasteiger partial charge is 0.236 e. The molecule has 0 atom stereocenters. The molecule has 2 fully saturated rings. The molecule has 0 bridgehead atoms. The molecule has 1 N–H and O–H groups in total. The quantitative estimate of drug-likeness (QED) is 0.853. The highest BCUT2D eigenvalue weighted by Gasteiger charge is 2.23. The molecule has 0 unspecified atom stereocenters. The number of halogens is 1. The van der Waals surface area contributed by atoms with E-state index < -0.39 is 0 Å². The number of rotatable bonds is 4. The Morgan fingerprint density at radius 2 is 1.57 bits per heavy atom. The number of hydrogen-bond acceptors (Lipinski definition) is 4. The molecule has 150 valence electrons. The van der Waals surface area contributed by atoms with Crippen molar-refractivity contribution in [3.05, 3.63) is 40.9 Å². The Bertz CT molecular complexity index is 843. The first-order chi connectivity index (χ1) is 13.6. The van der Waals surface area contributed by atoms with Gasteiger partial charge in [-0.1, -0.05) is 35.9 Å². The molecular formula is C22H28ClN3O2. The third-order valence-corrected chi connectivity index (χ3v) is 6.28. The van der Waals surface area contributed by atoms with Gasteiger partial charge in [0.2, 0.25) is 5.91 Å². The molecule has 0 spiro atoms. The van der Waals surface area contributed by atoms with Crippen molar-refractivity contribution in [2.75, 3.05) is 45.8 Å². The number of phenols is 1. The second-order valence-corrected chi connectivity index (χ2v) is 8.31. The van der Waals surface area contributed by atoms with Gasteiger partial charge in [-0.15, -0.1) is 0 Å². The third kappa shape index (κ3) is 4.27. The highest BCUT2D eigenvalue weighted by atomic mass is 35.5. The van der Waals surface area contributed by atoms with Gasteiger partial charge in [-0.25, -0.2) is 0 Å². The van der Waals surface area contributed by atoms with Crippen LogP contribution in [0.4, 0.5) is 0 Å². The van der Waals surface area contributed by atoms with Crippen LogP contribution in [0.15, 0.2) is 30.3 Å². The molecule has 2 aromatic carbocycles. The summed E-state index contributed by atoms with van der Waals surface area (Å²) in [4.78, 5) is 19.1. The van der Waals surface area contributed by atoms with Gasteiger partial charge in [0.05, 0.1) is 6.54 Å². The fourth-order valence-electron chi connectivity index (χ4n) is 4.27. The Kier molecular flexibility index (Phi) is 6.04. The number of phenolic OH excluding ortho intramolecular Hbond substituents is 1. The molecule has 0 aromatic heterocycles. The summed E-state index contributed by atoms with van der Waals surface area (Å²) in [6.07, 6.45) is 3.52. The average Bonchev–Trinajstić information content (AvgIpc) is 2.74. The maximum atomic E-state index is 12.5. The maximum absolute atomic E-state index is 12.5. The van der Waals surface area contributed by atoms with Crippen LogP contribution < -0.4 is 0 Å². The van der Waals surface area contributed by atoms with Crippen molar-refractivity contribution in [3.63, 3.8) is 0 Å². The van der Waals surface area contributed by atoms with Crippen molar-refractivity contribution < 1.29 is 9.90 Å². The number of aromatic hydroxyl groups is 1. The lowest BCUT2D eigenvalue weighted by molar-refractivity contribution is -0.133. The van der Waals surface area contributed by atoms with Crippen LogP contribution in [-0.2, 0) is 11.3 Å². The number of nitrogens with zero attached hydrogens (tertiary/aromatic N) is 3. The zero-order chi connectivity index (χ0) is 19.5. The molecule has 0 radical (unpaired) electrons. The number of carbonyl (C=O) groups is 1. The van der Waals surface area contributed by atoms with Crippen molar-refractivity contribution in [2.24, 2.45) is 0 Å². The number of amides is 1. The number of carbonyl (C=O) groups excluding carboxylic acids is 1.